The molecule has 2 aromatic heterocycles. The number of amides is 1. The zero-order valence-electron chi connectivity index (χ0n) is 18.8. The van der Waals surface area contributed by atoms with Crippen LogP contribution in [0.1, 0.15) is 24.2 Å². The fourth-order valence-corrected chi connectivity index (χ4v) is 4.67. The van der Waals surface area contributed by atoms with Crippen LogP contribution in [0.15, 0.2) is 54.7 Å². The summed E-state index contributed by atoms with van der Waals surface area (Å²) in [7, 11) is 0. The maximum Gasteiger partial charge on any atom is 0.229 e. The Hall–Kier alpha value is -3.29. The molecule has 0 bridgehead atoms. The van der Waals surface area contributed by atoms with E-state index in [1.165, 1.54) is 12.1 Å². The highest BCUT2D eigenvalue weighted by Crippen LogP contribution is 2.32. The molecule has 6 nitrogen and oxygen atoms in total. The fraction of sp³-hybridized carbons (Fsp3) is 0.269. The minimum Gasteiger partial charge on any atom is -0.324 e. The van der Waals surface area contributed by atoms with Crippen molar-refractivity contribution in [3.05, 3.63) is 77.0 Å². The molecular weight excluding hydrogens is 453 g/mol. The summed E-state index contributed by atoms with van der Waals surface area (Å²) >= 11 is 6.51. The molecule has 1 aliphatic rings. The number of hydrogen-bond donors (Lipinski definition) is 2. The molecule has 0 aliphatic carbocycles. The second kappa shape index (κ2) is 9.52. The van der Waals surface area contributed by atoms with Crippen LogP contribution in [0.4, 0.5) is 10.2 Å². The van der Waals surface area contributed by atoms with Gasteiger partial charge in [-0.3, -0.25) is 4.79 Å². The van der Waals surface area contributed by atoms with E-state index in [9.17, 15) is 9.18 Å². The Kier molecular flexibility index (Phi) is 6.30. The number of nitrogens with zero attached hydrogens (tertiary/aromatic N) is 3. The number of aryl methyl sites for hydroxylation is 1. The number of nitrogens with one attached hydrogen (secondary N) is 2. The Morgan fingerprint density at radius 2 is 2.15 bits per heavy atom. The van der Waals surface area contributed by atoms with Gasteiger partial charge in [0.2, 0.25) is 5.91 Å². The minimum atomic E-state index is -0.262. The first-order chi connectivity index (χ1) is 16.5. The van der Waals surface area contributed by atoms with Gasteiger partial charge in [-0.1, -0.05) is 29.8 Å². The number of imidazole rings is 1. The van der Waals surface area contributed by atoms with Gasteiger partial charge in [0, 0.05) is 24.8 Å². The van der Waals surface area contributed by atoms with Gasteiger partial charge in [0.25, 0.3) is 0 Å². The van der Waals surface area contributed by atoms with Crippen molar-refractivity contribution in [2.45, 2.75) is 26.3 Å². The van der Waals surface area contributed by atoms with E-state index in [4.69, 9.17) is 11.6 Å². The number of benzene rings is 2. The molecule has 1 atom stereocenters. The second-order valence-electron chi connectivity index (χ2n) is 8.66. The molecule has 1 saturated heterocycles. The molecule has 1 amide bonds. The van der Waals surface area contributed by atoms with Gasteiger partial charge in [-0.25, -0.2) is 14.4 Å². The van der Waals surface area contributed by atoms with Crippen molar-refractivity contribution in [1.29, 1.82) is 0 Å². The van der Waals surface area contributed by atoms with Crippen LogP contribution in [-0.4, -0.2) is 33.5 Å². The summed E-state index contributed by atoms with van der Waals surface area (Å²) in [5.41, 5.74) is 4.28. The number of anilines is 1. The van der Waals surface area contributed by atoms with E-state index in [2.05, 4.69) is 25.2 Å². The number of carbonyl (C=O) groups is 1. The van der Waals surface area contributed by atoms with E-state index in [0.717, 1.165) is 52.9 Å². The van der Waals surface area contributed by atoms with Crippen LogP contribution in [0.25, 0.3) is 22.2 Å². The molecule has 0 saturated carbocycles. The number of aromatic nitrogens is 3. The van der Waals surface area contributed by atoms with Crippen molar-refractivity contribution in [3.63, 3.8) is 0 Å². The molecule has 4 aromatic rings. The molecule has 8 heteroatoms. The first-order valence-corrected chi connectivity index (χ1v) is 11.7. The highest BCUT2D eigenvalue weighted by atomic mass is 35.5. The monoisotopic (exact) mass is 477 g/mol. The second-order valence-corrected chi connectivity index (χ2v) is 9.07. The van der Waals surface area contributed by atoms with Crippen LogP contribution in [0.2, 0.25) is 5.02 Å². The van der Waals surface area contributed by atoms with Crippen molar-refractivity contribution in [3.8, 4) is 11.1 Å². The quantitative estimate of drug-likeness (QED) is 0.415. The molecule has 2 aromatic carbocycles. The van der Waals surface area contributed by atoms with Crippen molar-refractivity contribution in [2.24, 2.45) is 5.92 Å². The Balaban J connectivity index is 1.46. The van der Waals surface area contributed by atoms with Crippen LogP contribution in [0.3, 0.4) is 0 Å². The van der Waals surface area contributed by atoms with Crippen LogP contribution in [0, 0.1) is 18.7 Å². The molecule has 0 spiro atoms. The number of piperidine rings is 1. The summed E-state index contributed by atoms with van der Waals surface area (Å²) < 4.78 is 15.8. The predicted molar refractivity (Wildman–Crippen MR) is 132 cm³/mol. The third kappa shape index (κ3) is 4.67. The third-order valence-electron chi connectivity index (χ3n) is 6.25. The number of hydrogen-bond acceptors (Lipinski definition) is 4. The lowest BCUT2D eigenvalue weighted by Crippen LogP contribution is -2.37. The minimum absolute atomic E-state index is 0.0350. The SMILES string of the molecule is Cc1nc2ccc(-c3cc(NC(=O)[C@@H]4CCCNC4)ncc3Cl)cc2n1Cc1cccc(F)c1. The highest BCUT2D eigenvalue weighted by Gasteiger charge is 2.21. The lowest BCUT2D eigenvalue weighted by atomic mass is 9.99. The normalized spacial score (nSPS) is 16.0. The van der Waals surface area contributed by atoms with Gasteiger partial charge in [0.15, 0.2) is 0 Å². The van der Waals surface area contributed by atoms with E-state index >= 15 is 0 Å². The summed E-state index contributed by atoms with van der Waals surface area (Å²) in [6.07, 6.45) is 3.41. The first-order valence-electron chi connectivity index (χ1n) is 11.4. The maximum atomic E-state index is 13.7. The number of carbonyl (C=O) groups excluding carboxylic acids is 1. The molecule has 5 rings (SSSR count). The van der Waals surface area contributed by atoms with Crippen molar-refractivity contribution in [2.75, 3.05) is 18.4 Å². The van der Waals surface area contributed by atoms with Gasteiger partial charge >= 0.3 is 0 Å². The predicted octanol–water partition coefficient (Wildman–Crippen LogP) is 5.19. The fourth-order valence-electron chi connectivity index (χ4n) is 4.46. The molecule has 1 fully saturated rings. The van der Waals surface area contributed by atoms with Gasteiger partial charge in [-0.15, -0.1) is 0 Å². The molecule has 0 unspecified atom stereocenters. The van der Waals surface area contributed by atoms with E-state index in [1.807, 2.05) is 31.2 Å². The Bertz CT molecular complexity index is 1360. The number of fused-ring (bicyclic) bond motifs is 1. The summed E-state index contributed by atoms with van der Waals surface area (Å²) in [5.74, 6) is 0.951. The number of halogens is 2. The standard InChI is InChI=1S/C26H25ClFN5O/c1-16-31-23-8-7-18(11-24(23)33(16)15-17-4-2-6-20(28)10-17)21-12-25(30-14-22(21)27)32-26(34)19-5-3-9-29-13-19/h2,4,6-8,10-12,14,19,29H,3,5,9,13,15H2,1H3,(H,30,32,34)/t19-/m1/s1. The zero-order valence-corrected chi connectivity index (χ0v) is 19.6. The lowest BCUT2D eigenvalue weighted by Gasteiger charge is -2.21. The molecule has 34 heavy (non-hydrogen) atoms. The Labute approximate surface area is 202 Å². The molecule has 1 aliphatic heterocycles. The summed E-state index contributed by atoms with van der Waals surface area (Å²) in [4.78, 5) is 21.6. The number of rotatable bonds is 5. The molecular formula is C26H25ClFN5O. The van der Waals surface area contributed by atoms with Gasteiger partial charge in [0.05, 0.1) is 22.0 Å². The molecule has 0 radical (unpaired) electrons. The topological polar surface area (TPSA) is 71.8 Å². The van der Waals surface area contributed by atoms with Crippen LogP contribution in [-0.2, 0) is 11.3 Å². The highest BCUT2D eigenvalue weighted by molar-refractivity contribution is 6.33. The van der Waals surface area contributed by atoms with E-state index in [-0.39, 0.29) is 17.6 Å². The average molecular weight is 478 g/mol. The average Bonchev–Trinajstić information content (AvgIpc) is 3.15. The molecule has 174 valence electrons. The largest absolute Gasteiger partial charge is 0.324 e. The Morgan fingerprint density at radius 3 is 2.94 bits per heavy atom. The van der Waals surface area contributed by atoms with Crippen LogP contribution in [0.5, 0.6) is 0 Å². The molecule has 3 heterocycles. The van der Waals surface area contributed by atoms with Crippen LogP contribution < -0.4 is 10.6 Å². The smallest absolute Gasteiger partial charge is 0.229 e. The summed E-state index contributed by atoms with van der Waals surface area (Å²) in [6.45, 7) is 4.07. The van der Waals surface area contributed by atoms with E-state index in [0.29, 0.717) is 23.9 Å². The number of pyridine rings is 1. The van der Waals surface area contributed by atoms with Gasteiger partial charge < -0.3 is 15.2 Å². The van der Waals surface area contributed by atoms with Crippen molar-refractivity contribution >= 4 is 34.4 Å². The van der Waals surface area contributed by atoms with Crippen LogP contribution >= 0.6 is 11.6 Å². The lowest BCUT2D eigenvalue weighted by molar-refractivity contribution is -0.120. The van der Waals surface area contributed by atoms with Gasteiger partial charge in [0.1, 0.15) is 17.5 Å². The summed E-state index contributed by atoms with van der Waals surface area (Å²) in [5, 5.41) is 6.69. The van der Waals surface area contributed by atoms with E-state index < -0.39 is 0 Å². The molecule has 2 N–H and O–H groups in total. The van der Waals surface area contributed by atoms with E-state index in [1.54, 1.807) is 18.3 Å². The summed E-state index contributed by atoms with van der Waals surface area (Å²) in [6, 6.07) is 14.3. The maximum absolute atomic E-state index is 13.7. The Morgan fingerprint density at radius 1 is 1.26 bits per heavy atom. The van der Waals surface area contributed by atoms with Crippen molar-refractivity contribution < 1.29 is 9.18 Å². The third-order valence-corrected chi connectivity index (χ3v) is 6.56. The van der Waals surface area contributed by atoms with Gasteiger partial charge in [-0.05, 0) is 67.8 Å². The first kappa shape index (κ1) is 22.5. The van der Waals surface area contributed by atoms with Gasteiger partial charge in [-0.2, -0.15) is 0 Å². The van der Waals surface area contributed by atoms with Crippen molar-refractivity contribution in [1.82, 2.24) is 19.9 Å². The zero-order chi connectivity index (χ0) is 23.7.